The van der Waals surface area contributed by atoms with Crippen LogP contribution in [-0.4, -0.2) is 12.7 Å². The summed E-state index contributed by atoms with van der Waals surface area (Å²) < 4.78 is 12.3. The van der Waals surface area contributed by atoms with Crippen LogP contribution in [0.2, 0.25) is 0 Å². The minimum absolute atomic E-state index is 0.425. The normalized spacial score (nSPS) is 12.8. The molecule has 2 heteroatoms. The fraction of sp³-hybridized carbons (Fsp3) is 0.400. The average Bonchev–Trinajstić information content (AvgIpc) is 2.05. The van der Waals surface area contributed by atoms with Gasteiger partial charge >= 0.3 is 0 Å². The fourth-order valence-electron chi connectivity index (χ4n) is 1.01. The molecule has 0 aliphatic heterocycles. The molecule has 0 aliphatic rings. The van der Waals surface area contributed by atoms with Gasteiger partial charge in [-0.15, -0.1) is 0 Å². The quantitative estimate of drug-likeness (QED) is 0.724. The van der Waals surface area contributed by atoms with E-state index in [1.165, 1.54) is 5.56 Å². The van der Waals surface area contributed by atoms with Gasteiger partial charge in [0.05, 0.1) is 0 Å². The molecule has 1 unspecified atom stereocenters. The highest BCUT2D eigenvalue weighted by Gasteiger charge is 1.95. The summed E-state index contributed by atoms with van der Waals surface area (Å²) in [5, 5.41) is 3.03. The van der Waals surface area contributed by atoms with E-state index in [0.717, 1.165) is 6.54 Å². The van der Waals surface area contributed by atoms with Gasteiger partial charge in [0.1, 0.15) is 6.17 Å². The number of alkyl halides is 1. The molecule has 0 radical (unpaired) electrons. The second-order valence-corrected chi connectivity index (χ2v) is 2.90. The number of benzene rings is 1. The van der Waals surface area contributed by atoms with Crippen molar-refractivity contribution in [2.24, 2.45) is 0 Å². The monoisotopic (exact) mass is 167 g/mol. The molecule has 1 N–H and O–H groups in total. The van der Waals surface area contributed by atoms with Gasteiger partial charge in [-0.25, -0.2) is 4.39 Å². The van der Waals surface area contributed by atoms with Crippen molar-refractivity contribution in [3.63, 3.8) is 0 Å². The predicted octanol–water partition coefficient (Wildman–Crippen LogP) is 2.13. The van der Waals surface area contributed by atoms with E-state index in [-0.39, 0.29) is 0 Å². The summed E-state index contributed by atoms with van der Waals surface area (Å²) in [4.78, 5) is 0. The van der Waals surface area contributed by atoms with E-state index in [1.807, 2.05) is 30.3 Å². The highest BCUT2D eigenvalue weighted by molar-refractivity contribution is 5.14. The maximum absolute atomic E-state index is 12.3. The van der Waals surface area contributed by atoms with Gasteiger partial charge < -0.3 is 5.32 Å². The van der Waals surface area contributed by atoms with Crippen LogP contribution >= 0.6 is 0 Å². The molecule has 1 nitrogen and oxygen atoms in total. The Morgan fingerprint density at radius 2 is 2.00 bits per heavy atom. The van der Waals surface area contributed by atoms with Crippen LogP contribution < -0.4 is 5.32 Å². The van der Waals surface area contributed by atoms with Crippen molar-refractivity contribution < 1.29 is 4.39 Å². The fourth-order valence-corrected chi connectivity index (χ4v) is 1.01. The molecule has 0 saturated carbocycles. The summed E-state index contributed by atoms with van der Waals surface area (Å²) in [6, 6.07) is 9.98. The molecule has 0 heterocycles. The lowest BCUT2D eigenvalue weighted by Crippen LogP contribution is -2.21. The van der Waals surface area contributed by atoms with Crippen LogP contribution in [0.5, 0.6) is 0 Å². The first-order valence-corrected chi connectivity index (χ1v) is 4.18. The summed E-state index contributed by atoms with van der Waals surface area (Å²) in [6.45, 7) is 2.72. The van der Waals surface area contributed by atoms with Gasteiger partial charge in [-0.1, -0.05) is 30.3 Å². The van der Waals surface area contributed by atoms with Crippen LogP contribution in [0, 0.1) is 0 Å². The van der Waals surface area contributed by atoms with Crippen LogP contribution in [0.3, 0.4) is 0 Å². The van der Waals surface area contributed by atoms with Crippen molar-refractivity contribution in [3.8, 4) is 0 Å². The molecule has 12 heavy (non-hydrogen) atoms. The Kier molecular flexibility index (Phi) is 3.74. The van der Waals surface area contributed by atoms with Crippen molar-refractivity contribution in [2.45, 2.75) is 19.6 Å². The van der Waals surface area contributed by atoms with Gasteiger partial charge in [0, 0.05) is 13.1 Å². The van der Waals surface area contributed by atoms with Crippen molar-refractivity contribution in [1.29, 1.82) is 0 Å². The lowest BCUT2D eigenvalue weighted by atomic mass is 10.2. The second-order valence-electron chi connectivity index (χ2n) is 2.90. The van der Waals surface area contributed by atoms with Gasteiger partial charge in [0.2, 0.25) is 0 Å². The molecule has 66 valence electrons. The van der Waals surface area contributed by atoms with Crippen LogP contribution in [0.4, 0.5) is 4.39 Å². The lowest BCUT2D eigenvalue weighted by Gasteiger charge is -2.04. The van der Waals surface area contributed by atoms with Crippen molar-refractivity contribution in [3.05, 3.63) is 35.9 Å². The Balaban J connectivity index is 2.25. The molecule has 1 rings (SSSR count). The van der Waals surface area contributed by atoms with E-state index in [9.17, 15) is 4.39 Å². The third-order valence-corrected chi connectivity index (χ3v) is 1.60. The highest BCUT2D eigenvalue weighted by Crippen LogP contribution is 1.97. The van der Waals surface area contributed by atoms with Gasteiger partial charge in [0.25, 0.3) is 0 Å². The molecule has 0 aliphatic carbocycles. The predicted molar refractivity (Wildman–Crippen MR) is 48.7 cm³/mol. The minimum atomic E-state index is -0.770. The molecular formula is C10H14FN. The van der Waals surface area contributed by atoms with Gasteiger partial charge in [-0.2, -0.15) is 0 Å². The van der Waals surface area contributed by atoms with E-state index in [4.69, 9.17) is 0 Å². The van der Waals surface area contributed by atoms with Crippen LogP contribution in [-0.2, 0) is 6.54 Å². The van der Waals surface area contributed by atoms with E-state index in [1.54, 1.807) is 6.92 Å². The SMILES string of the molecule is CC(F)CNCc1ccccc1. The number of hydrogen-bond acceptors (Lipinski definition) is 1. The molecule has 1 aromatic carbocycles. The van der Waals surface area contributed by atoms with Gasteiger partial charge in [-0.3, -0.25) is 0 Å². The zero-order chi connectivity index (χ0) is 8.81. The Morgan fingerprint density at radius 3 is 2.58 bits per heavy atom. The van der Waals surface area contributed by atoms with E-state index in [0.29, 0.717) is 6.54 Å². The first-order chi connectivity index (χ1) is 5.79. The number of nitrogens with one attached hydrogen (secondary N) is 1. The summed E-state index contributed by atoms with van der Waals surface area (Å²) in [5.74, 6) is 0. The van der Waals surface area contributed by atoms with Crippen LogP contribution in [0.15, 0.2) is 30.3 Å². The van der Waals surface area contributed by atoms with Crippen LogP contribution in [0.25, 0.3) is 0 Å². The minimum Gasteiger partial charge on any atom is -0.310 e. The third-order valence-electron chi connectivity index (χ3n) is 1.60. The van der Waals surface area contributed by atoms with Gasteiger partial charge in [0.15, 0.2) is 0 Å². The highest BCUT2D eigenvalue weighted by atomic mass is 19.1. The average molecular weight is 167 g/mol. The Morgan fingerprint density at radius 1 is 1.33 bits per heavy atom. The van der Waals surface area contributed by atoms with E-state index in [2.05, 4.69) is 5.32 Å². The first kappa shape index (κ1) is 9.20. The molecular weight excluding hydrogens is 153 g/mol. The molecule has 0 amide bonds. The maximum atomic E-state index is 12.3. The Hall–Kier alpha value is -0.890. The Labute approximate surface area is 72.6 Å². The molecule has 0 fully saturated rings. The Bertz CT molecular complexity index is 208. The number of hydrogen-bond donors (Lipinski definition) is 1. The largest absolute Gasteiger partial charge is 0.310 e. The molecule has 1 atom stereocenters. The first-order valence-electron chi connectivity index (χ1n) is 4.18. The van der Waals surface area contributed by atoms with E-state index < -0.39 is 6.17 Å². The second kappa shape index (κ2) is 4.88. The van der Waals surface area contributed by atoms with Crippen molar-refractivity contribution in [2.75, 3.05) is 6.54 Å². The summed E-state index contributed by atoms with van der Waals surface area (Å²) in [5.41, 5.74) is 1.19. The maximum Gasteiger partial charge on any atom is 0.110 e. The summed E-state index contributed by atoms with van der Waals surface area (Å²) >= 11 is 0. The van der Waals surface area contributed by atoms with Crippen LogP contribution in [0.1, 0.15) is 12.5 Å². The zero-order valence-corrected chi connectivity index (χ0v) is 7.26. The summed E-state index contributed by atoms with van der Waals surface area (Å²) in [7, 11) is 0. The van der Waals surface area contributed by atoms with Crippen molar-refractivity contribution in [1.82, 2.24) is 5.32 Å². The van der Waals surface area contributed by atoms with E-state index >= 15 is 0 Å². The smallest absolute Gasteiger partial charge is 0.110 e. The number of rotatable bonds is 4. The molecule has 1 aromatic rings. The molecule has 0 aromatic heterocycles. The summed E-state index contributed by atoms with van der Waals surface area (Å²) in [6.07, 6.45) is -0.770. The number of halogens is 1. The van der Waals surface area contributed by atoms with Crippen molar-refractivity contribution >= 4 is 0 Å². The molecule has 0 spiro atoms. The zero-order valence-electron chi connectivity index (χ0n) is 7.26. The lowest BCUT2D eigenvalue weighted by molar-refractivity contribution is 0.344. The molecule has 0 saturated heterocycles. The van der Waals surface area contributed by atoms with Gasteiger partial charge in [-0.05, 0) is 12.5 Å². The third kappa shape index (κ3) is 3.49. The standard InChI is InChI=1S/C10H14FN/c1-9(11)7-12-8-10-5-3-2-4-6-10/h2-6,9,12H,7-8H2,1H3. The topological polar surface area (TPSA) is 12.0 Å². The molecule has 0 bridgehead atoms.